The monoisotopic (exact) mass is 406 g/mol. The Morgan fingerprint density at radius 1 is 1.23 bits per heavy atom. The maximum atomic E-state index is 12.6. The number of nitrogens with zero attached hydrogens (tertiary/aromatic N) is 1. The zero-order valence-electron chi connectivity index (χ0n) is 15.0. The summed E-state index contributed by atoms with van der Waals surface area (Å²) < 4.78 is 0. The number of anilines is 1. The zero-order valence-corrected chi connectivity index (χ0v) is 17.4. The number of aryl methyl sites for hydroxylation is 1. The molecule has 1 fully saturated rings. The van der Waals surface area contributed by atoms with E-state index in [2.05, 4.69) is 22.3 Å². The number of carbonyl (C=O) groups excluding carboxylic acids is 1. The van der Waals surface area contributed by atoms with Gasteiger partial charge in [0.15, 0.2) is 0 Å². The minimum absolute atomic E-state index is 0.171. The van der Waals surface area contributed by atoms with Gasteiger partial charge in [-0.2, -0.15) is 11.8 Å². The third kappa shape index (κ3) is 4.97. The van der Waals surface area contributed by atoms with Gasteiger partial charge in [0, 0.05) is 41.7 Å². The van der Waals surface area contributed by atoms with Crippen molar-refractivity contribution >= 4 is 46.7 Å². The van der Waals surface area contributed by atoms with Gasteiger partial charge in [0.2, 0.25) is 0 Å². The normalized spacial score (nSPS) is 15.0. The number of hydrogen-bond donors (Lipinski definition) is 1. The highest BCUT2D eigenvalue weighted by atomic mass is 35.5. The van der Waals surface area contributed by atoms with E-state index in [1.54, 1.807) is 17.8 Å². The highest BCUT2D eigenvalue weighted by Crippen LogP contribution is 2.25. The Morgan fingerprint density at radius 3 is 2.69 bits per heavy atom. The molecular weight excluding hydrogens is 384 g/mol. The van der Waals surface area contributed by atoms with Gasteiger partial charge in [-0.05, 0) is 48.6 Å². The van der Waals surface area contributed by atoms with E-state index in [0.717, 1.165) is 35.8 Å². The highest BCUT2D eigenvalue weighted by molar-refractivity contribution is 7.99. The van der Waals surface area contributed by atoms with Crippen molar-refractivity contribution in [1.82, 2.24) is 4.90 Å². The molecule has 0 saturated carbocycles. The maximum absolute atomic E-state index is 12.6. The first-order valence-corrected chi connectivity index (χ1v) is 11.4. The number of benzene rings is 2. The third-order valence-electron chi connectivity index (χ3n) is 4.47. The van der Waals surface area contributed by atoms with E-state index >= 15 is 0 Å². The van der Waals surface area contributed by atoms with Crippen LogP contribution in [0.15, 0.2) is 41.3 Å². The summed E-state index contributed by atoms with van der Waals surface area (Å²) in [5, 5.41) is 3.47. The molecule has 138 valence electrons. The summed E-state index contributed by atoms with van der Waals surface area (Å²) in [6.45, 7) is 5.29. The van der Waals surface area contributed by atoms with Crippen LogP contribution in [0.4, 0.5) is 5.69 Å². The van der Waals surface area contributed by atoms with Crippen LogP contribution in [0, 0.1) is 6.92 Å². The average molecular weight is 407 g/mol. The molecule has 3 nitrogen and oxygen atoms in total. The number of carbonyl (C=O) groups is 1. The lowest BCUT2D eigenvalue weighted by molar-refractivity contribution is 0.102. The predicted octanol–water partition coefficient (Wildman–Crippen LogP) is 5.17. The Bertz CT molecular complexity index is 791. The van der Waals surface area contributed by atoms with E-state index in [1.165, 1.54) is 17.1 Å². The summed E-state index contributed by atoms with van der Waals surface area (Å²) in [5.74, 6) is 2.25. The summed E-state index contributed by atoms with van der Waals surface area (Å²) in [4.78, 5) is 16.1. The van der Waals surface area contributed by atoms with Gasteiger partial charge in [-0.3, -0.25) is 9.69 Å². The number of nitrogens with one attached hydrogen (secondary N) is 1. The van der Waals surface area contributed by atoms with Gasteiger partial charge >= 0.3 is 0 Å². The molecule has 0 bridgehead atoms. The van der Waals surface area contributed by atoms with Crippen molar-refractivity contribution in [3.63, 3.8) is 0 Å². The molecule has 26 heavy (non-hydrogen) atoms. The van der Waals surface area contributed by atoms with Crippen molar-refractivity contribution in [2.45, 2.75) is 18.4 Å². The van der Waals surface area contributed by atoms with Crippen LogP contribution in [0.2, 0.25) is 5.02 Å². The van der Waals surface area contributed by atoms with Gasteiger partial charge in [-0.15, -0.1) is 11.8 Å². The molecule has 0 spiro atoms. The lowest BCUT2D eigenvalue weighted by Gasteiger charge is -2.26. The predicted molar refractivity (Wildman–Crippen MR) is 115 cm³/mol. The first-order valence-electron chi connectivity index (χ1n) is 8.61. The number of thioether (sulfide) groups is 2. The number of rotatable bonds is 5. The van der Waals surface area contributed by atoms with E-state index < -0.39 is 0 Å². The quantitative estimate of drug-likeness (QED) is 0.694. The van der Waals surface area contributed by atoms with Crippen molar-refractivity contribution in [3.05, 3.63) is 58.1 Å². The number of hydrogen-bond acceptors (Lipinski definition) is 4. The first kappa shape index (κ1) is 19.6. The fourth-order valence-corrected chi connectivity index (χ4v) is 4.60. The second-order valence-electron chi connectivity index (χ2n) is 6.34. The standard InChI is InChI=1S/C20H23ClN2OS2/c1-14-11-15(13-23-7-9-26-10-8-23)3-6-19(14)22-20(24)17-12-16(25-2)4-5-18(17)21/h3-6,11-12H,7-10,13H2,1-2H3,(H,22,24). The van der Waals surface area contributed by atoms with Gasteiger partial charge in [-0.1, -0.05) is 23.7 Å². The lowest BCUT2D eigenvalue weighted by Crippen LogP contribution is -2.31. The summed E-state index contributed by atoms with van der Waals surface area (Å²) in [6.07, 6.45) is 1.98. The van der Waals surface area contributed by atoms with Gasteiger partial charge in [0.25, 0.3) is 5.91 Å². The lowest BCUT2D eigenvalue weighted by atomic mass is 10.1. The molecule has 2 aromatic rings. The van der Waals surface area contributed by atoms with Crippen LogP contribution in [0.1, 0.15) is 21.5 Å². The SMILES string of the molecule is CSc1ccc(Cl)c(C(=O)Nc2ccc(CN3CCSCC3)cc2C)c1. The molecule has 1 saturated heterocycles. The van der Waals surface area contributed by atoms with Crippen molar-refractivity contribution in [3.8, 4) is 0 Å². The van der Waals surface area contributed by atoms with Gasteiger partial charge < -0.3 is 5.32 Å². The molecule has 3 rings (SSSR count). The molecule has 6 heteroatoms. The molecule has 0 aromatic heterocycles. The van der Waals surface area contributed by atoms with Crippen LogP contribution >= 0.6 is 35.1 Å². The van der Waals surface area contributed by atoms with E-state index in [9.17, 15) is 4.79 Å². The molecule has 0 radical (unpaired) electrons. The smallest absolute Gasteiger partial charge is 0.257 e. The molecule has 0 aliphatic carbocycles. The Kier molecular flexibility index (Phi) is 6.92. The van der Waals surface area contributed by atoms with Gasteiger partial charge in [0.1, 0.15) is 0 Å². The molecular formula is C20H23ClN2OS2. The minimum Gasteiger partial charge on any atom is -0.322 e. The fraction of sp³-hybridized carbons (Fsp3) is 0.350. The molecule has 0 unspecified atom stereocenters. The molecule has 1 N–H and O–H groups in total. The fourth-order valence-electron chi connectivity index (χ4n) is 2.98. The van der Waals surface area contributed by atoms with Crippen LogP contribution in [-0.4, -0.2) is 41.7 Å². The second-order valence-corrected chi connectivity index (χ2v) is 8.85. The summed E-state index contributed by atoms with van der Waals surface area (Å²) in [5.41, 5.74) is 3.69. The van der Waals surface area contributed by atoms with Crippen LogP contribution in [0.5, 0.6) is 0 Å². The Morgan fingerprint density at radius 2 is 2.00 bits per heavy atom. The van der Waals surface area contributed by atoms with E-state index in [-0.39, 0.29) is 5.91 Å². The highest BCUT2D eigenvalue weighted by Gasteiger charge is 2.14. The molecule has 2 aromatic carbocycles. The van der Waals surface area contributed by atoms with E-state index in [1.807, 2.05) is 43.1 Å². The Hall–Kier alpha value is -1.14. The third-order valence-corrected chi connectivity index (χ3v) is 6.46. The van der Waals surface area contributed by atoms with Crippen molar-refractivity contribution in [2.75, 3.05) is 36.2 Å². The van der Waals surface area contributed by atoms with Crippen LogP contribution < -0.4 is 5.32 Å². The van der Waals surface area contributed by atoms with Crippen molar-refractivity contribution in [2.24, 2.45) is 0 Å². The maximum Gasteiger partial charge on any atom is 0.257 e. The summed E-state index contributed by atoms with van der Waals surface area (Å²) in [6, 6.07) is 11.8. The molecule has 1 aliphatic heterocycles. The number of halogens is 1. The van der Waals surface area contributed by atoms with Crippen molar-refractivity contribution < 1.29 is 4.79 Å². The van der Waals surface area contributed by atoms with E-state index in [4.69, 9.17) is 11.6 Å². The molecule has 1 heterocycles. The molecule has 1 aliphatic rings. The summed E-state index contributed by atoms with van der Waals surface area (Å²) in [7, 11) is 0. The van der Waals surface area contributed by atoms with Crippen LogP contribution in [0.25, 0.3) is 0 Å². The van der Waals surface area contributed by atoms with E-state index in [0.29, 0.717) is 10.6 Å². The largest absolute Gasteiger partial charge is 0.322 e. The first-order chi connectivity index (χ1) is 12.6. The van der Waals surface area contributed by atoms with Crippen LogP contribution in [0.3, 0.4) is 0 Å². The molecule has 0 atom stereocenters. The topological polar surface area (TPSA) is 32.3 Å². The number of amides is 1. The van der Waals surface area contributed by atoms with Gasteiger partial charge in [0.05, 0.1) is 10.6 Å². The van der Waals surface area contributed by atoms with Gasteiger partial charge in [-0.25, -0.2) is 0 Å². The Labute approximate surface area is 168 Å². The minimum atomic E-state index is -0.171. The average Bonchev–Trinajstić information content (AvgIpc) is 2.65. The summed E-state index contributed by atoms with van der Waals surface area (Å²) >= 11 is 9.82. The molecule has 1 amide bonds. The Balaban J connectivity index is 1.70. The zero-order chi connectivity index (χ0) is 18.5. The van der Waals surface area contributed by atoms with Crippen LogP contribution in [-0.2, 0) is 6.54 Å². The van der Waals surface area contributed by atoms with Crippen molar-refractivity contribution in [1.29, 1.82) is 0 Å². The second kappa shape index (κ2) is 9.18.